The summed E-state index contributed by atoms with van der Waals surface area (Å²) >= 11 is 5.97. The molecule has 2 fully saturated rings. The third-order valence-corrected chi connectivity index (χ3v) is 6.07. The minimum Gasteiger partial charge on any atom is -0.345 e. The number of halogens is 1. The maximum absolute atomic E-state index is 5.97. The van der Waals surface area contributed by atoms with Gasteiger partial charge >= 0.3 is 0 Å². The molecule has 2 aliphatic rings. The molecule has 0 unspecified atom stereocenters. The SMILES string of the molecule is Clc1ccc(CN2CCN(Cc3cnc(CC4CCCC4)[nH]3)CC2)cc1. The minimum atomic E-state index is 0.811. The molecule has 1 aromatic carbocycles. The largest absolute Gasteiger partial charge is 0.345 e. The Hall–Kier alpha value is -1.36. The lowest BCUT2D eigenvalue weighted by Crippen LogP contribution is -2.45. The van der Waals surface area contributed by atoms with Gasteiger partial charge in [0.1, 0.15) is 5.82 Å². The molecule has 0 bridgehead atoms. The molecule has 2 heterocycles. The molecular weight excluding hydrogens is 344 g/mol. The van der Waals surface area contributed by atoms with Gasteiger partial charge in [-0.25, -0.2) is 4.98 Å². The van der Waals surface area contributed by atoms with Gasteiger partial charge in [0, 0.05) is 62.6 Å². The van der Waals surface area contributed by atoms with Crippen molar-refractivity contribution in [1.29, 1.82) is 0 Å². The van der Waals surface area contributed by atoms with E-state index in [1.165, 1.54) is 42.8 Å². The lowest BCUT2D eigenvalue weighted by Gasteiger charge is -2.34. The number of piperazine rings is 1. The van der Waals surface area contributed by atoms with Gasteiger partial charge in [-0.3, -0.25) is 9.80 Å². The standard InChI is InChI=1S/C21H29ClN4/c22-19-7-5-18(6-8-19)15-25-9-11-26(12-10-25)16-20-14-23-21(24-20)13-17-3-1-2-4-17/h5-8,14,17H,1-4,9-13,15-16H2,(H,23,24). The molecule has 26 heavy (non-hydrogen) atoms. The Labute approximate surface area is 161 Å². The van der Waals surface area contributed by atoms with E-state index >= 15 is 0 Å². The summed E-state index contributed by atoms with van der Waals surface area (Å²) in [5.74, 6) is 2.04. The molecule has 0 atom stereocenters. The summed E-state index contributed by atoms with van der Waals surface area (Å²) in [6.45, 7) is 6.47. The normalized spacial score (nSPS) is 20.0. The number of imidazole rings is 1. The summed E-state index contributed by atoms with van der Waals surface area (Å²) in [6.07, 6.45) is 8.74. The molecular formula is C21H29ClN4. The molecule has 1 aliphatic carbocycles. The van der Waals surface area contributed by atoms with Crippen molar-refractivity contribution in [3.8, 4) is 0 Å². The summed E-state index contributed by atoms with van der Waals surface area (Å²) in [5, 5.41) is 0.811. The van der Waals surface area contributed by atoms with E-state index < -0.39 is 0 Å². The van der Waals surface area contributed by atoms with Gasteiger partial charge < -0.3 is 4.98 Å². The number of H-pyrrole nitrogens is 1. The van der Waals surface area contributed by atoms with Crippen molar-refractivity contribution >= 4 is 11.6 Å². The van der Waals surface area contributed by atoms with Gasteiger partial charge in [-0.05, 0) is 23.6 Å². The van der Waals surface area contributed by atoms with Crippen LogP contribution in [0.15, 0.2) is 30.5 Å². The Bertz CT molecular complexity index is 682. The van der Waals surface area contributed by atoms with Gasteiger partial charge in [0.05, 0.1) is 0 Å². The Balaban J connectivity index is 1.22. The molecule has 1 N–H and O–H groups in total. The number of nitrogens with zero attached hydrogens (tertiary/aromatic N) is 3. The highest BCUT2D eigenvalue weighted by molar-refractivity contribution is 6.30. The van der Waals surface area contributed by atoms with Crippen LogP contribution in [0.2, 0.25) is 5.02 Å². The van der Waals surface area contributed by atoms with E-state index in [4.69, 9.17) is 11.6 Å². The highest BCUT2D eigenvalue weighted by Crippen LogP contribution is 2.27. The number of aromatic amines is 1. The van der Waals surface area contributed by atoms with Crippen LogP contribution in [-0.4, -0.2) is 45.9 Å². The van der Waals surface area contributed by atoms with Crippen molar-refractivity contribution in [2.75, 3.05) is 26.2 Å². The van der Waals surface area contributed by atoms with Gasteiger partial charge in [-0.1, -0.05) is 49.4 Å². The lowest BCUT2D eigenvalue weighted by atomic mass is 10.0. The maximum atomic E-state index is 5.97. The highest BCUT2D eigenvalue weighted by atomic mass is 35.5. The molecule has 0 spiro atoms. The predicted octanol–water partition coefficient (Wildman–Crippen LogP) is 4.11. The Kier molecular flexibility index (Phi) is 5.93. The molecule has 0 amide bonds. The number of nitrogens with one attached hydrogen (secondary N) is 1. The zero-order chi connectivity index (χ0) is 17.8. The summed E-state index contributed by atoms with van der Waals surface area (Å²) in [7, 11) is 0. The maximum Gasteiger partial charge on any atom is 0.106 e. The number of hydrogen-bond donors (Lipinski definition) is 1. The van der Waals surface area contributed by atoms with Crippen LogP contribution in [0.25, 0.3) is 0 Å². The first kappa shape index (κ1) is 18.0. The van der Waals surface area contributed by atoms with Crippen molar-refractivity contribution in [3.05, 3.63) is 52.6 Å². The monoisotopic (exact) mass is 372 g/mol. The quantitative estimate of drug-likeness (QED) is 0.828. The van der Waals surface area contributed by atoms with Gasteiger partial charge in [-0.2, -0.15) is 0 Å². The fourth-order valence-electron chi connectivity index (χ4n) is 4.27. The molecule has 0 radical (unpaired) electrons. The second-order valence-corrected chi connectivity index (χ2v) is 8.32. The molecule has 1 aliphatic heterocycles. The fraction of sp³-hybridized carbons (Fsp3) is 0.571. The summed E-state index contributed by atoms with van der Waals surface area (Å²) < 4.78 is 0. The van der Waals surface area contributed by atoms with E-state index in [9.17, 15) is 0 Å². The molecule has 4 nitrogen and oxygen atoms in total. The van der Waals surface area contributed by atoms with E-state index in [0.29, 0.717) is 0 Å². The zero-order valence-electron chi connectivity index (χ0n) is 15.5. The molecule has 1 saturated carbocycles. The fourth-order valence-corrected chi connectivity index (χ4v) is 4.40. The predicted molar refractivity (Wildman–Crippen MR) is 106 cm³/mol. The highest BCUT2D eigenvalue weighted by Gasteiger charge is 2.19. The number of aromatic nitrogens is 2. The molecule has 2 aromatic rings. The number of benzene rings is 1. The molecule has 5 heteroatoms. The van der Waals surface area contributed by atoms with Crippen molar-refractivity contribution in [1.82, 2.24) is 19.8 Å². The Morgan fingerprint density at radius 2 is 1.62 bits per heavy atom. The van der Waals surface area contributed by atoms with E-state index in [1.54, 1.807) is 0 Å². The van der Waals surface area contributed by atoms with Crippen molar-refractivity contribution in [2.24, 2.45) is 5.92 Å². The van der Waals surface area contributed by atoms with Gasteiger partial charge in [0.2, 0.25) is 0 Å². The van der Waals surface area contributed by atoms with Crippen LogP contribution >= 0.6 is 11.6 Å². The molecule has 1 aromatic heterocycles. The Morgan fingerprint density at radius 1 is 0.962 bits per heavy atom. The van der Waals surface area contributed by atoms with E-state index in [1.807, 2.05) is 18.3 Å². The van der Waals surface area contributed by atoms with E-state index in [-0.39, 0.29) is 0 Å². The zero-order valence-corrected chi connectivity index (χ0v) is 16.2. The first-order chi connectivity index (χ1) is 12.7. The van der Waals surface area contributed by atoms with Crippen LogP contribution in [0, 0.1) is 5.92 Å². The smallest absolute Gasteiger partial charge is 0.106 e. The van der Waals surface area contributed by atoms with Crippen molar-refractivity contribution < 1.29 is 0 Å². The van der Waals surface area contributed by atoms with Crippen LogP contribution < -0.4 is 0 Å². The molecule has 4 rings (SSSR count). The second-order valence-electron chi connectivity index (χ2n) is 7.89. The average Bonchev–Trinajstić information content (AvgIpc) is 3.31. The third-order valence-electron chi connectivity index (χ3n) is 5.82. The van der Waals surface area contributed by atoms with E-state index in [2.05, 4.69) is 31.9 Å². The van der Waals surface area contributed by atoms with E-state index in [0.717, 1.165) is 56.6 Å². The van der Waals surface area contributed by atoms with Crippen molar-refractivity contribution in [3.63, 3.8) is 0 Å². The van der Waals surface area contributed by atoms with Crippen molar-refractivity contribution in [2.45, 2.75) is 45.2 Å². The molecule has 140 valence electrons. The number of hydrogen-bond acceptors (Lipinski definition) is 3. The van der Waals surface area contributed by atoms with Gasteiger partial charge in [0.15, 0.2) is 0 Å². The second kappa shape index (κ2) is 8.55. The summed E-state index contributed by atoms with van der Waals surface area (Å²) in [5.41, 5.74) is 2.61. The topological polar surface area (TPSA) is 35.2 Å². The number of rotatable bonds is 6. The third kappa shape index (κ3) is 4.87. The first-order valence-corrected chi connectivity index (χ1v) is 10.3. The van der Waals surface area contributed by atoms with Crippen LogP contribution in [0.4, 0.5) is 0 Å². The van der Waals surface area contributed by atoms with Crippen LogP contribution in [0.3, 0.4) is 0 Å². The van der Waals surface area contributed by atoms with Crippen LogP contribution in [-0.2, 0) is 19.5 Å². The average molecular weight is 373 g/mol. The first-order valence-electron chi connectivity index (χ1n) is 9.96. The minimum absolute atomic E-state index is 0.811. The van der Waals surface area contributed by atoms with Crippen LogP contribution in [0.5, 0.6) is 0 Å². The van der Waals surface area contributed by atoms with Gasteiger partial charge in [-0.15, -0.1) is 0 Å². The summed E-state index contributed by atoms with van der Waals surface area (Å²) in [6, 6.07) is 8.22. The van der Waals surface area contributed by atoms with Crippen LogP contribution in [0.1, 0.15) is 42.8 Å². The lowest BCUT2D eigenvalue weighted by molar-refractivity contribution is 0.121. The van der Waals surface area contributed by atoms with Gasteiger partial charge in [0.25, 0.3) is 0 Å². The summed E-state index contributed by atoms with van der Waals surface area (Å²) in [4.78, 5) is 13.2. The molecule has 1 saturated heterocycles. The Morgan fingerprint density at radius 3 is 2.31 bits per heavy atom.